The smallest absolute Gasteiger partial charge is 0.274 e. The fourth-order valence-electron chi connectivity index (χ4n) is 5.40. The first-order valence-electron chi connectivity index (χ1n) is 13.0. The molecule has 2 aliphatic rings. The maximum absolute atomic E-state index is 14.2. The van der Waals surface area contributed by atoms with Crippen LogP contribution in [-0.4, -0.2) is 45.5 Å². The van der Waals surface area contributed by atoms with E-state index in [4.69, 9.17) is 4.74 Å². The summed E-state index contributed by atoms with van der Waals surface area (Å²) in [5.74, 6) is -2.78. The van der Waals surface area contributed by atoms with Crippen molar-refractivity contribution in [2.45, 2.75) is 51.3 Å². The van der Waals surface area contributed by atoms with Crippen LogP contribution in [0.15, 0.2) is 59.5 Å². The molecule has 0 radical (unpaired) electrons. The quantitative estimate of drug-likeness (QED) is 0.416. The van der Waals surface area contributed by atoms with Crippen molar-refractivity contribution in [2.75, 3.05) is 13.2 Å². The molecule has 5 rings (SSSR count). The Labute approximate surface area is 224 Å². The highest BCUT2D eigenvalue weighted by Gasteiger charge is 2.60. The number of aliphatic hydroxyl groups is 1. The van der Waals surface area contributed by atoms with Crippen LogP contribution in [0.5, 0.6) is 5.75 Å². The molecule has 0 saturated heterocycles. The zero-order valence-electron chi connectivity index (χ0n) is 21.8. The van der Waals surface area contributed by atoms with Crippen molar-refractivity contribution in [3.63, 3.8) is 0 Å². The summed E-state index contributed by atoms with van der Waals surface area (Å²) in [7, 11) is 0. The van der Waals surface area contributed by atoms with Crippen LogP contribution in [0.1, 0.15) is 58.7 Å². The third-order valence-electron chi connectivity index (χ3n) is 7.76. The highest BCUT2D eigenvalue weighted by atomic mass is 19.1. The number of carbonyl (C=O) groups is 2. The Kier molecular flexibility index (Phi) is 7.11. The van der Waals surface area contributed by atoms with Crippen LogP contribution < -0.4 is 10.2 Å². The third-order valence-corrected chi connectivity index (χ3v) is 7.76. The number of hydrogen-bond donors (Lipinski definition) is 1. The lowest BCUT2D eigenvalue weighted by atomic mass is 9.99. The normalized spacial score (nSPS) is 19.9. The van der Waals surface area contributed by atoms with Crippen molar-refractivity contribution < 1.29 is 28.2 Å². The maximum Gasteiger partial charge on any atom is 0.274 e. The Hall–Kier alpha value is -3.85. The fraction of sp³-hybridized carbons (Fsp3) is 0.367. The van der Waals surface area contributed by atoms with Gasteiger partial charge in [0.1, 0.15) is 18.2 Å². The lowest BCUT2D eigenvalue weighted by Crippen LogP contribution is -2.52. The number of Topliss-reactive ketones (excluding diaryl/α,β-unsaturated/α-hetero) is 1. The lowest BCUT2D eigenvalue weighted by Gasteiger charge is -2.40. The number of carbonyl (C=O) groups excluding carboxylic acids is 2. The number of nitrogens with zero attached hydrogens (tertiary/aromatic N) is 2. The Morgan fingerprint density at radius 3 is 2.54 bits per heavy atom. The first-order chi connectivity index (χ1) is 18.7. The molecule has 1 aromatic heterocycles. The summed E-state index contributed by atoms with van der Waals surface area (Å²) in [4.78, 5) is 42.4. The molecule has 1 fully saturated rings. The number of benzene rings is 2. The standard InChI is InChI=1S/C30H30F2N2O5/c1-18(2)33-17-30(13-21(30)15-35)34-14-23(25(36)11-9-20-8-10-22(31)12-24(20)32)27(37)28(26(34)29(33)38)39-16-19-6-4-3-5-7-19/h3-8,10,12,14,18,21,35H,9,11,13,15-17H2,1-2H3/t21-,30-/m0/s1. The van der Waals surface area contributed by atoms with E-state index in [1.807, 2.05) is 44.2 Å². The molecular formula is C30H30F2N2O5. The van der Waals surface area contributed by atoms with Gasteiger partial charge in [0.2, 0.25) is 5.43 Å². The van der Waals surface area contributed by atoms with Crippen molar-refractivity contribution in [1.82, 2.24) is 9.47 Å². The van der Waals surface area contributed by atoms with Crippen molar-refractivity contribution in [3.8, 4) is 5.75 Å². The monoisotopic (exact) mass is 536 g/mol. The molecule has 7 nitrogen and oxygen atoms in total. The number of aryl methyl sites for hydroxylation is 1. The van der Waals surface area contributed by atoms with E-state index in [-0.39, 0.29) is 66.5 Å². The highest BCUT2D eigenvalue weighted by Crippen LogP contribution is 2.54. The van der Waals surface area contributed by atoms with Gasteiger partial charge in [0, 0.05) is 43.8 Å². The molecule has 2 atom stereocenters. The number of aliphatic hydroxyl groups excluding tert-OH is 1. The molecule has 3 aromatic rings. The van der Waals surface area contributed by atoms with Gasteiger partial charge in [-0.2, -0.15) is 0 Å². The summed E-state index contributed by atoms with van der Waals surface area (Å²) in [5.41, 5.74) is -0.551. The molecule has 2 heterocycles. The van der Waals surface area contributed by atoms with Gasteiger partial charge in [0.05, 0.1) is 11.1 Å². The van der Waals surface area contributed by atoms with E-state index in [9.17, 15) is 28.3 Å². The van der Waals surface area contributed by atoms with E-state index >= 15 is 0 Å². The molecule has 204 valence electrons. The van der Waals surface area contributed by atoms with Gasteiger partial charge in [-0.1, -0.05) is 36.4 Å². The van der Waals surface area contributed by atoms with Crippen LogP contribution in [0.2, 0.25) is 0 Å². The van der Waals surface area contributed by atoms with Crippen molar-refractivity contribution in [1.29, 1.82) is 0 Å². The summed E-state index contributed by atoms with van der Waals surface area (Å²) < 4.78 is 35.1. The predicted octanol–water partition coefficient (Wildman–Crippen LogP) is 4.09. The average molecular weight is 537 g/mol. The van der Waals surface area contributed by atoms with Crippen LogP contribution in [-0.2, 0) is 18.6 Å². The Morgan fingerprint density at radius 2 is 1.90 bits per heavy atom. The SMILES string of the molecule is CC(C)N1C[C@]2(C[C@H]2CO)n2cc(C(=O)CCc3ccc(F)cc3F)c(=O)c(OCc3ccccc3)c2C1=O. The van der Waals surface area contributed by atoms with Gasteiger partial charge in [-0.25, -0.2) is 8.78 Å². The van der Waals surface area contributed by atoms with Gasteiger partial charge >= 0.3 is 0 Å². The maximum atomic E-state index is 14.2. The number of ketones is 1. The summed E-state index contributed by atoms with van der Waals surface area (Å²) in [6, 6.07) is 12.1. The number of hydrogen-bond acceptors (Lipinski definition) is 5. The van der Waals surface area contributed by atoms with Gasteiger partial charge in [-0.3, -0.25) is 14.4 Å². The first-order valence-corrected chi connectivity index (χ1v) is 13.0. The Morgan fingerprint density at radius 1 is 1.15 bits per heavy atom. The van der Waals surface area contributed by atoms with Crippen molar-refractivity contribution in [3.05, 3.63) is 99.0 Å². The number of amides is 1. The molecule has 0 unspecified atom stereocenters. The minimum absolute atomic E-state index is 0.00685. The van der Waals surface area contributed by atoms with E-state index in [1.54, 1.807) is 9.47 Å². The zero-order chi connectivity index (χ0) is 27.9. The van der Waals surface area contributed by atoms with Gasteiger partial charge in [0.15, 0.2) is 17.2 Å². The second-order valence-electron chi connectivity index (χ2n) is 10.6. The van der Waals surface area contributed by atoms with E-state index in [0.717, 1.165) is 17.7 Å². The number of aromatic nitrogens is 1. The summed E-state index contributed by atoms with van der Waals surface area (Å²) in [6.07, 6.45) is 1.75. The number of ether oxygens (including phenoxy) is 1. The van der Waals surface area contributed by atoms with Gasteiger partial charge in [-0.15, -0.1) is 0 Å². The first kappa shape index (κ1) is 26.7. The Bertz CT molecular complexity index is 1490. The Balaban J connectivity index is 1.58. The second kappa shape index (κ2) is 10.4. The van der Waals surface area contributed by atoms with Gasteiger partial charge in [0.25, 0.3) is 5.91 Å². The van der Waals surface area contributed by atoms with E-state index in [2.05, 4.69) is 0 Å². The topological polar surface area (TPSA) is 88.8 Å². The van der Waals surface area contributed by atoms with E-state index < -0.39 is 28.4 Å². The number of pyridine rings is 1. The molecule has 1 spiro atoms. The minimum Gasteiger partial charge on any atom is -0.483 e. The predicted molar refractivity (Wildman–Crippen MR) is 140 cm³/mol. The minimum atomic E-state index is -0.765. The molecule has 1 amide bonds. The van der Waals surface area contributed by atoms with E-state index in [1.165, 1.54) is 12.3 Å². The van der Waals surface area contributed by atoms with Crippen molar-refractivity contribution in [2.24, 2.45) is 5.92 Å². The van der Waals surface area contributed by atoms with Gasteiger partial charge < -0.3 is 19.3 Å². The molecule has 0 bridgehead atoms. The summed E-state index contributed by atoms with van der Waals surface area (Å²) in [6.45, 7) is 3.99. The molecule has 1 N–H and O–H groups in total. The lowest BCUT2D eigenvalue weighted by molar-refractivity contribution is 0.0548. The number of halogens is 2. The summed E-state index contributed by atoms with van der Waals surface area (Å²) in [5, 5.41) is 10.0. The van der Waals surface area contributed by atoms with Gasteiger partial charge in [-0.05, 0) is 43.9 Å². The largest absolute Gasteiger partial charge is 0.483 e. The molecular weight excluding hydrogens is 506 g/mol. The average Bonchev–Trinajstić information content (AvgIpc) is 3.63. The molecule has 2 aromatic carbocycles. The number of fused-ring (bicyclic) bond motifs is 2. The van der Waals surface area contributed by atoms with Crippen molar-refractivity contribution >= 4 is 11.7 Å². The van der Waals surface area contributed by atoms with Crippen LogP contribution >= 0.6 is 0 Å². The van der Waals surface area contributed by atoms with Crippen LogP contribution in [0, 0.1) is 17.6 Å². The van der Waals surface area contributed by atoms with Crippen LogP contribution in [0.3, 0.4) is 0 Å². The molecule has 1 aliphatic heterocycles. The fourth-order valence-corrected chi connectivity index (χ4v) is 5.40. The number of rotatable bonds is 9. The van der Waals surface area contributed by atoms with E-state index in [0.29, 0.717) is 13.0 Å². The highest BCUT2D eigenvalue weighted by molar-refractivity contribution is 6.00. The molecule has 39 heavy (non-hydrogen) atoms. The van der Waals surface area contributed by atoms with Crippen LogP contribution in [0.25, 0.3) is 0 Å². The zero-order valence-corrected chi connectivity index (χ0v) is 21.8. The molecule has 1 saturated carbocycles. The summed E-state index contributed by atoms with van der Waals surface area (Å²) >= 11 is 0. The molecule has 1 aliphatic carbocycles. The van der Waals surface area contributed by atoms with Crippen LogP contribution in [0.4, 0.5) is 8.78 Å². The molecule has 9 heteroatoms. The second-order valence-corrected chi connectivity index (χ2v) is 10.6. The third kappa shape index (κ3) is 4.87.